The van der Waals surface area contributed by atoms with Gasteiger partial charge in [-0.25, -0.2) is 4.39 Å². The molecule has 2 unspecified atom stereocenters. The fourth-order valence-electron chi connectivity index (χ4n) is 6.18. The monoisotopic (exact) mass is 542 g/mol. The number of rotatable bonds is 7. The van der Waals surface area contributed by atoms with Crippen molar-refractivity contribution in [1.82, 2.24) is 0 Å². The van der Waals surface area contributed by atoms with E-state index < -0.39 is 35.4 Å². The molecule has 0 N–H and O–H groups in total. The summed E-state index contributed by atoms with van der Waals surface area (Å²) in [6, 6.07) is 7.73. The molecule has 2 aromatic rings. The summed E-state index contributed by atoms with van der Waals surface area (Å²) in [7, 11) is 0. The predicted molar refractivity (Wildman–Crippen MR) is 129 cm³/mol. The number of benzene rings is 2. The first-order valence-corrected chi connectivity index (χ1v) is 13.4. The maximum Gasteiger partial charge on any atom is 0.573 e. The standard InChI is InChI=1S/C29H32F6O3/c30-25-16-24(13-15-27(25)38-29(33,34)35)37-28(31,32)23-11-8-20(9-12-23)19-4-6-21(7-5-19)26-14-10-22(17-36-26)18-2-1-3-18/h8-9,11-13,15-16,18-19,21-22,26H,1-7,10,14,17H2. The molecule has 1 heterocycles. The van der Waals surface area contributed by atoms with Crippen molar-refractivity contribution in [1.29, 1.82) is 0 Å². The third-order valence-electron chi connectivity index (χ3n) is 8.55. The molecule has 38 heavy (non-hydrogen) atoms. The summed E-state index contributed by atoms with van der Waals surface area (Å²) in [6.45, 7) is 0.894. The van der Waals surface area contributed by atoms with Crippen LogP contribution in [0.25, 0.3) is 0 Å². The number of alkyl halides is 5. The molecule has 9 heteroatoms. The summed E-state index contributed by atoms with van der Waals surface area (Å²) in [6.07, 6.45) is 1.99. The molecule has 2 atom stereocenters. The molecule has 1 saturated heterocycles. The Morgan fingerprint density at radius 1 is 0.711 bits per heavy atom. The Balaban J connectivity index is 1.13. The van der Waals surface area contributed by atoms with Gasteiger partial charge < -0.3 is 14.2 Å². The molecule has 0 aromatic heterocycles. The molecule has 5 rings (SSSR count). The van der Waals surface area contributed by atoms with Crippen LogP contribution in [0.3, 0.4) is 0 Å². The van der Waals surface area contributed by atoms with Crippen molar-refractivity contribution in [3.05, 3.63) is 59.4 Å². The van der Waals surface area contributed by atoms with Crippen LogP contribution in [0.5, 0.6) is 11.5 Å². The second-order valence-corrected chi connectivity index (χ2v) is 10.9. The Labute approximate surface area is 218 Å². The summed E-state index contributed by atoms with van der Waals surface area (Å²) in [5.74, 6) is -0.756. The zero-order valence-electron chi connectivity index (χ0n) is 21.0. The highest BCUT2D eigenvalue weighted by molar-refractivity contribution is 5.34. The summed E-state index contributed by atoms with van der Waals surface area (Å²) in [4.78, 5) is 0. The average molecular weight is 543 g/mol. The second-order valence-electron chi connectivity index (χ2n) is 10.9. The molecule has 2 aliphatic carbocycles. The zero-order valence-corrected chi connectivity index (χ0v) is 21.0. The van der Waals surface area contributed by atoms with Crippen molar-refractivity contribution in [2.24, 2.45) is 17.8 Å². The van der Waals surface area contributed by atoms with E-state index in [2.05, 4.69) is 9.47 Å². The largest absolute Gasteiger partial charge is 0.573 e. The van der Waals surface area contributed by atoms with Gasteiger partial charge in [-0.15, -0.1) is 13.2 Å². The minimum Gasteiger partial charge on any atom is -0.429 e. The first-order chi connectivity index (χ1) is 18.1. The second kappa shape index (κ2) is 11.0. The topological polar surface area (TPSA) is 27.7 Å². The first kappa shape index (κ1) is 27.2. The Bertz CT molecular complexity index is 1070. The molecule has 3 fully saturated rings. The average Bonchev–Trinajstić information content (AvgIpc) is 2.85. The lowest BCUT2D eigenvalue weighted by atomic mass is 9.71. The van der Waals surface area contributed by atoms with Gasteiger partial charge in [-0.2, -0.15) is 8.78 Å². The fraction of sp³-hybridized carbons (Fsp3) is 0.586. The Hall–Kier alpha value is -2.42. The molecule has 0 amide bonds. The molecule has 3 nitrogen and oxygen atoms in total. The van der Waals surface area contributed by atoms with Crippen LogP contribution >= 0.6 is 0 Å². The minimum atomic E-state index is -5.10. The van der Waals surface area contributed by atoms with E-state index >= 15 is 0 Å². The molecule has 3 aliphatic rings. The first-order valence-electron chi connectivity index (χ1n) is 13.4. The van der Waals surface area contributed by atoms with Gasteiger partial charge in [0, 0.05) is 6.07 Å². The molecule has 2 aromatic carbocycles. The molecule has 0 bridgehead atoms. The molecule has 0 spiro atoms. The number of ether oxygens (including phenoxy) is 3. The van der Waals surface area contributed by atoms with E-state index in [1.165, 1.54) is 37.8 Å². The highest BCUT2D eigenvalue weighted by Gasteiger charge is 2.38. The van der Waals surface area contributed by atoms with Gasteiger partial charge in [0.05, 0.1) is 18.3 Å². The SMILES string of the molecule is Fc1cc(OC(F)(F)c2ccc(C3CCC(C4CCC(C5CCC5)CO4)CC3)cc2)ccc1OC(F)(F)F. The van der Waals surface area contributed by atoms with Crippen molar-refractivity contribution < 1.29 is 40.6 Å². The van der Waals surface area contributed by atoms with Gasteiger partial charge in [-0.1, -0.05) is 31.4 Å². The van der Waals surface area contributed by atoms with Crippen LogP contribution < -0.4 is 9.47 Å². The lowest BCUT2D eigenvalue weighted by Gasteiger charge is -2.42. The molecule has 0 radical (unpaired) electrons. The third-order valence-corrected chi connectivity index (χ3v) is 8.55. The van der Waals surface area contributed by atoms with Crippen LogP contribution in [0, 0.1) is 23.6 Å². The molecular formula is C29H32F6O3. The molecular weight excluding hydrogens is 510 g/mol. The van der Waals surface area contributed by atoms with E-state index in [1.807, 2.05) is 0 Å². The van der Waals surface area contributed by atoms with Crippen molar-refractivity contribution in [2.45, 2.75) is 82.3 Å². The summed E-state index contributed by atoms with van der Waals surface area (Å²) in [5, 5.41) is 0. The number of halogens is 6. The lowest BCUT2D eigenvalue weighted by molar-refractivity contribution is -0.275. The van der Waals surface area contributed by atoms with E-state index in [4.69, 9.17) is 4.74 Å². The van der Waals surface area contributed by atoms with Gasteiger partial charge in [0.2, 0.25) is 0 Å². The van der Waals surface area contributed by atoms with Gasteiger partial charge in [0.1, 0.15) is 5.75 Å². The Morgan fingerprint density at radius 2 is 1.39 bits per heavy atom. The molecule has 1 aliphatic heterocycles. The van der Waals surface area contributed by atoms with Crippen LogP contribution in [-0.2, 0) is 10.8 Å². The van der Waals surface area contributed by atoms with Gasteiger partial charge in [-0.3, -0.25) is 0 Å². The molecule has 208 valence electrons. The minimum absolute atomic E-state index is 0.288. The highest BCUT2D eigenvalue weighted by atomic mass is 19.4. The van der Waals surface area contributed by atoms with Crippen LogP contribution in [0.2, 0.25) is 0 Å². The molecule has 2 saturated carbocycles. The predicted octanol–water partition coefficient (Wildman–Crippen LogP) is 8.72. The van der Waals surface area contributed by atoms with Gasteiger partial charge in [0.15, 0.2) is 11.6 Å². The lowest BCUT2D eigenvalue weighted by Crippen LogP contribution is -2.37. The quantitative estimate of drug-likeness (QED) is 0.328. The van der Waals surface area contributed by atoms with Gasteiger partial charge in [0.25, 0.3) is 0 Å². The van der Waals surface area contributed by atoms with Gasteiger partial charge in [-0.05, 0) is 92.0 Å². The number of hydrogen-bond donors (Lipinski definition) is 0. The van der Waals surface area contributed by atoms with Crippen LogP contribution in [0.15, 0.2) is 42.5 Å². The fourth-order valence-corrected chi connectivity index (χ4v) is 6.18. The van der Waals surface area contributed by atoms with Gasteiger partial charge >= 0.3 is 12.5 Å². The zero-order chi connectivity index (χ0) is 26.9. The van der Waals surface area contributed by atoms with E-state index in [0.29, 0.717) is 24.2 Å². The Morgan fingerprint density at radius 3 is 1.95 bits per heavy atom. The number of hydrogen-bond acceptors (Lipinski definition) is 3. The van der Waals surface area contributed by atoms with Crippen LogP contribution in [0.4, 0.5) is 26.3 Å². The van der Waals surface area contributed by atoms with E-state index in [0.717, 1.165) is 62.2 Å². The van der Waals surface area contributed by atoms with Crippen molar-refractivity contribution in [3.63, 3.8) is 0 Å². The maximum atomic E-state index is 14.7. The summed E-state index contributed by atoms with van der Waals surface area (Å²) < 4.78 is 94.6. The third kappa shape index (κ3) is 6.41. The van der Waals surface area contributed by atoms with Crippen molar-refractivity contribution in [3.8, 4) is 11.5 Å². The smallest absolute Gasteiger partial charge is 0.429 e. The van der Waals surface area contributed by atoms with E-state index in [-0.39, 0.29) is 5.92 Å². The summed E-state index contributed by atoms with van der Waals surface area (Å²) >= 11 is 0. The normalized spacial score (nSPS) is 27.0. The summed E-state index contributed by atoms with van der Waals surface area (Å²) in [5.41, 5.74) is 0.555. The van der Waals surface area contributed by atoms with Crippen LogP contribution in [0.1, 0.15) is 74.8 Å². The van der Waals surface area contributed by atoms with Crippen LogP contribution in [-0.4, -0.2) is 19.1 Å². The van der Waals surface area contributed by atoms with E-state index in [9.17, 15) is 26.3 Å². The maximum absolute atomic E-state index is 14.7. The van der Waals surface area contributed by atoms with E-state index in [1.54, 1.807) is 12.1 Å². The van der Waals surface area contributed by atoms with Crippen molar-refractivity contribution in [2.75, 3.05) is 6.61 Å². The Kier molecular flexibility index (Phi) is 7.85. The highest BCUT2D eigenvalue weighted by Crippen LogP contribution is 2.44. The van der Waals surface area contributed by atoms with Crippen molar-refractivity contribution >= 4 is 0 Å².